The standard InChI is InChI=1S/C20H25N5O/c1-23-11-8-16(9-12-23)25-19(7-10-21-25)22-20(26)13-15-14-24(2)18-6-4-3-5-17(15)18/h3-7,10,14,16H,8-9,11-13H2,1-2H3,(H,22,26). The van der Waals surface area contributed by atoms with E-state index in [4.69, 9.17) is 0 Å². The van der Waals surface area contributed by atoms with Crippen LogP contribution < -0.4 is 5.32 Å². The minimum atomic E-state index is -0.00368. The molecule has 3 heterocycles. The summed E-state index contributed by atoms with van der Waals surface area (Å²) in [7, 11) is 4.16. The summed E-state index contributed by atoms with van der Waals surface area (Å²) in [4.78, 5) is 15.0. The fourth-order valence-electron chi connectivity index (χ4n) is 3.87. The second-order valence-electron chi connectivity index (χ2n) is 7.20. The number of likely N-dealkylation sites (tertiary alicyclic amines) is 1. The molecular weight excluding hydrogens is 326 g/mol. The summed E-state index contributed by atoms with van der Waals surface area (Å²) in [6.45, 7) is 2.13. The zero-order chi connectivity index (χ0) is 18.1. The van der Waals surface area contributed by atoms with Crippen molar-refractivity contribution in [2.75, 3.05) is 25.5 Å². The van der Waals surface area contributed by atoms with Crippen LogP contribution in [-0.4, -0.2) is 45.3 Å². The summed E-state index contributed by atoms with van der Waals surface area (Å²) < 4.78 is 4.05. The molecule has 6 nitrogen and oxygen atoms in total. The number of aromatic nitrogens is 3. The van der Waals surface area contributed by atoms with E-state index in [1.807, 2.05) is 36.1 Å². The van der Waals surface area contributed by atoms with Crippen molar-refractivity contribution in [2.45, 2.75) is 25.3 Å². The number of anilines is 1. The first-order valence-corrected chi connectivity index (χ1v) is 9.16. The Morgan fingerprint density at radius 3 is 2.77 bits per heavy atom. The van der Waals surface area contributed by atoms with Crippen LogP contribution in [-0.2, 0) is 18.3 Å². The van der Waals surface area contributed by atoms with Gasteiger partial charge in [-0.05, 0) is 44.6 Å². The molecule has 4 rings (SSSR count). The largest absolute Gasteiger partial charge is 0.350 e. The van der Waals surface area contributed by atoms with Crippen molar-refractivity contribution in [3.8, 4) is 0 Å². The Hall–Kier alpha value is -2.60. The molecule has 2 aromatic heterocycles. The average Bonchev–Trinajstić information content (AvgIpc) is 3.21. The van der Waals surface area contributed by atoms with Gasteiger partial charge in [0.05, 0.1) is 18.7 Å². The van der Waals surface area contributed by atoms with Crippen LogP contribution in [0, 0.1) is 0 Å². The number of fused-ring (bicyclic) bond motifs is 1. The first-order chi connectivity index (χ1) is 12.6. The monoisotopic (exact) mass is 351 g/mol. The lowest BCUT2D eigenvalue weighted by Gasteiger charge is -2.30. The van der Waals surface area contributed by atoms with Crippen molar-refractivity contribution in [3.63, 3.8) is 0 Å². The van der Waals surface area contributed by atoms with Gasteiger partial charge < -0.3 is 14.8 Å². The summed E-state index contributed by atoms with van der Waals surface area (Å²) >= 11 is 0. The lowest BCUT2D eigenvalue weighted by Crippen LogP contribution is -2.32. The summed E-state index contributed by atoms with van der Waals surface area (Å²) in [6, 6.07) is 10.4. The van der Waals surface area contributed by atoms with Crippen molar-refractivity contribution in [1.82, 2.24) is 19.2 Å². The Balaban J connectivity index is 1.48. The predicted molar refractivity (Wildman–Crippen MR) is 103 cm³/mol. The predicted octanol–water partition coefficient (Wildman–Crippen LogP) is 2.82. The molecule has 1 aliphatic rings. The van der Waals surface area contributed by atoms with Crippen LogP contribution in [0.2, 0.25) is 0 Å². The molecule has 1 saturated heterocycles. The number of carbonyl (C=O) groups excluding carboxylic acids is 1. The summed E-state index contributed by atoms with van der Waals surface area (Å²) in [5.74, 6) is 0.792. The van der Waals surface area contributed by atoms with E-state index in [0.717, 1.165) is 48.2 Å². The molecule has 1 N–H and O–H groups in total. The third-order valence-corrected chi connectivity index (χ3v) is 5.30. The molecule has 0 spiro atoms. The Kier molecular flexibility index (Phi) is 4.51. The molecule has 136 valence electrons. The maximum atomic E-state index is 12.7. The summed E-state index contributed by atoms with van der Waals surface area (Å²) in [5.41, 5.74) is 2.19. The van der Waals surface area contributed by atoms with Gasteiger partial charge in [0.1, 0.15) is 5.82 Å². The molecular formula is C20H25N5O. The molecule has 0 unspecified atom stereocenters. The normalized spacial score (nSPS) is 16.2. The highest BCUT2D eigenvalue weighted by atomic mass is 16.1. The van der Waals surface area contributed by atoms with Crippen LogP contribution in [0.5, 0.6) is 0 Å². The lowest BCUT2D eigenvalue weighted by atomic mass is 10.1. The van der Waals surface area contributed by atoms with Gasteiger partial charge in [-0.15, -0.1) is 0 Å². The highest BCUT2D eigenvalue weighted by molar-refractivity contribution is 5.95. The van der Waals surface area contributed by atoms with Gasteiger partial charge in [-0.1, -0.05) is 18.2 Å². The smallest absolute Gasteiger partial charge is 0.230 e. The molecule has 0 saturated carbocycles. The number of amides is 1. The van der Waals surface area contributed by atoms with Gasteiger partial charge in [0.25, 0.3) is 0 Å². The zero-order valence-corrected chi connectivity index (χ0v) is 15.4. The number of nitrogens with one attached hydrogen (secondary N) is 1. The van der Waals surface area contributed by atoms with Gasteiger partial charge >= 0.3 is 0 Å². The van der Waals surface area contributed by atoms with E-state index in [1.165, 1.54) is 0 Å². The number of rotatable bonds is 4. The molecule has 3 aromatic rings. The molecule has 1 aliphatic heterocycles. The van der Waals surface area contributed by atoms with Crippen molar-refractivity contribution in [1.29, 1.82) is 0 Å². The Morgan fingerprint density at radius 2 is 1.96 bits per heavy atom. The second-order valence-corrected chi connectivity index (χ2v) is 7.20. The fourth-order valence-corrected chi connectivity index (χ4v) is 3.87. The van der Waals surface area contributed by atoms with Crippen LogP contribution in [0.25, 0.3) is 10.9 Å². The minimum absolute atomic E-state index is 0.00368. The number of benzene rings is 1. The molecule has 1 amide bonds. The van der Waals surface area contributed by atoms with E-state index in [-0.39, 0.29) is 5.91 Å². The number of piperidine rings is 1. The third-order valence-electron chi connectivity index (χ3n) is 5.30. The van der Waals surface area contributed by atoms with Gasteiger partial charge in [-0.2, -0.15) is 5.10 Å². The van der Waals surface area contributed by atoms with E-state index in [2.05, 4.69) is 39.1 Å². The Bertz CT molecular complexity index is 917. The number of hydrogen-bond acceptors (Lipinski definition) is 3. The van der Waals surface area contributed by atoms with Crippen molar-refractivity contribution >= 4 is 22.6 Å². The van der Waals surface area contributed by atoms with Crippen LogP contribution in [0.3, 0.4) is 0 Å². The molecule has 1 aromatic carbocycles. The van der Waals surface area contributed by atoms with Crippen molar-refractivity contribution in [2.24, 2.45) is 7.05 Å². The Labute approximate surface area is 153 Å². The van der Waals surface area contributed by atoms with Crippen molar-refractivity contribution in [3.05, 3.63) is 48.3 Å². The van der Waals surface area contributed by atoms with Crippen molar-refractivity contribution < 1.29 is 4.79 Å². The molecule has 1 fully saturated rings. The summed E-state index contributed by atoms with van der Waals surface area (Å²) in [5, 5.41) is 8.65. The third kappa shape index (κ3) is 3.24. The molecule has 6 heteroatoms. The van der Waals surface area contributed by atoms with Crippen LogP contribution in [0.4, 0.5) is 5.82 Å². The highest BCUT2D eigenvalue weighted by Crippen LogP contribution is 2.25. The average molecular weight is 351 g/mol. The van der Waals surface area contributed by atoms with Gasteiger partial charge in [0.2, 0.25) is 5.91 Å². The maximum absolute atomic E-state index is 12.7. The second kappa shape index (κ2) is 6.96. The van der Waals surface area contributed by atoms with E-state index in [0.29, 0.717) is 12.5 Å². The Morgan fingerprint density at radius 1 is 1.19 bits per heavy atom. The first kappa shape index (κ1) is 16.8. The SMILES string of the molecule is CN1CCC(n2nccc2NC(=O)Cc2cn(C)c3ccccc23)CC1. The van der Waals surface area contributed by atoms with E-state index in [9.17, 15) is 4.79 Å². The summed E-state index contributed by atoms with van der Waals surface area (Å²) in [6.07, 6.45) is 6.29. The zero-order valence-electron chi connectivity index (χ0n) is 15.4. The lowest BCUT2D eigenvalue weighted by molar-refractivity contribution is -0.115. The highest BCUT2D eigenvalue weighted by Gasteiger charge is 2.21. The topological polar surface area (TPSA) is 55.1 Å². The molecule has 0 bridgehead atoms. The number of nitrogens with zero attached hydrogens (tertiary/aromatic N) is 4. The number of para-hydroxylation sites is 1. The van der Waals surface area contributed by atoms with E-state index < -0.39 is 0 Å². The number of hydrogen-bond donors (Lipinski definition) is 1. The van der Waals surface area contributed by atoms with E-state index in [1.54, 1.807) is 6.20 Å². The van der Waals surface area contributed by atoms with Crippen LogP contribution in [0.15, 0.2) is 42.7 Å². The minimum Gasteiger partial charge on any atom is -0.350 e. The molecule has 0 radical (unpaired) electrons. The van der Waals surface area contributed by atoms with Gasteiger partial charge in [0.15, 0.2) is 0 Å². The molecule has 0 aliphatic carbocycles. The van der Waals surface area contributed by atoms with Gasteiger partial charge in [-0.25, -0.2) is 4.68 Å². The van der Waals surface area contributed by atoms with E-state index >= 15 is 0 Å². The number of carbonyl (C=O) groups is 1. The molecule has 26 heavy (non-hydrogen) atoms. The van der Waals surface area contributed by atoms with Gasteiger partial charge in [-0.3, -0.25) is 4.79 Å². The fraction of sp³-hybridized carbons (Fsp3) is 0.400. The van der Waals surface area contributed by atoms with Crippen LogP contribution in [0.1, 0.15) is 24.4 Å². The van der Waals surface area contributed by atoms with Gasteiger partial charge in [0, 0.05) is 30.2 Å². The quantitative estimate of drug-likeness (QED) is 0.786. The first-order valence-electron chi connectivity index (χ1n) is 9.16. The maximum Gasteiger partial charge on any atom is 0.230 e. The molecule has 0 atom stereocenters. The van der Waals surface area contributed by atoms with Crippen LogP contribution >= 0.6 is 0 Å². The number of aryl methyl sites for hydroxylation is 1.